The van der Waals surface area contributed by atoms with Gasteiger partial charge in [-0.25, -0.2) is 15.0 Å². The number of benzene rings is 1. The number of hydrogen-bond acceptors (Lipinski definition) is 5. The molecule has 0 spiro atoms. The predicted octanol–water partition coefficient (Wildman–Crippen LogP) is 4.01. The molecule has 29 heavy (non-hydrogen) atoms. The Bertz CT molecular complexity index is 922. The van der Waals surface area contributed by atoms with E-state index >= 15 is 0 Å². The van der Waals surface area contributed by atoms with Gasteiger partial charge >= 0.3 is 0 Å². The number of rotatable bonds is 4. The molecule has 0 saturated carbocycles. The van der Waals surface area contributed by atoms with E-state index in [1.165, 1.54) is 49.9 Å². The SMILES string of the molecule is CN1CCC(CCCN)CC1.Cc1cc(C)c2nc(-c3cncnc3C)[nH]c2c1. The molecule has 3 N–H and O–H groups in total. The Kier molecular flexibility index (Phi) is 7.34. The molecule has 2 aromatic heterocycles. The number of hydrogen-bond donors (Lipinski definition) is 2. The Balaban J connectivity index is 0.000000188. The van der Waals surface area contributed by atoms with Crippen LogP contribution in [-0.4, -0.2) is 51.5 Å². The first-order valence-corrected chi connectivity index (χ1v) is 10.6. The van der Waals surface area contributed by atoms with Gasteiger partial charge in [-0.05, 0) is 96.2 Å². The van der Waals surface area contributed by atoms with Crippen LogP contribution < -0.4 is 5.73 Å². The molecule has 1 aromatic carbocycles. The normalized spacial score (nSPS) is 15.3. The minimum atomic E-state index is 0.830. The molecule has 0 radical (unpaired) electrons. The van der Waals surface area contributed by atoms with Crippen LogP contribution in [0, 0.1) is 26.7 Å². The van der Waals surface area contributed by atoms with Gasteiger partial charge in [0.25, 0.3) is 0 Å². The Morgan fingerprint density at radius 2 is 1.93 bits per heavy atom. The fourth-order valence-corrected chi connectivity index (χ4v) is 3.98. The van der Waals surface area contributed by atoms with Gasteiger partial charge in [0, 0.05) is 6.20 Å². The van der Waals surface area contributed by atoms with E-state index in [4.69, 9.17) is 5.73 Å². The first-order valence-electron chi connectivity index (χ1n) is 10.6. The number of fused-ring (bicyclic) bond motifs is 1. The largest absolute Gasteiger partial charge is 0.338 e. The first-order chi connectivity index (χ1) is 14.0. The van der Waals surface area contributed by atoms with Crippen molar-refractivity contribution in [2.24, 2.45) is 11.7 Å². The lowest BCUT2D eigenvalue weighted by Crippen LogP contribution is -2.30. The van der Waals surface area contributed by atoms with Crippen molar-refractivity contribution in [2.75, 3.05) is 26.7 Å². The van der Waals surface area contributed by atoms with Crippen molar-refractivity contribution in [1.82, 2.24) is 24.8 Å². The summed E-state index contributed by atoms with van der Waals surface area (Å²) in [4.78, 5) is 18.7. The standard InChI is InChI=1S/C14H14N4.C9H20N2/c1-8-4-9(2)13-12(5-8)17-14(18-13)11-6-15-7-16-10(11)3;1-11-7-4-9(5-8-11)3-2-6-10/h4-7H,1-3H3,(H,17,18);9H,2-8,10H2,1H3. The number of nitrogens with two attached hydrogens (primary N) is 1. The molecule has 0 amide bonds. The molecule has 0 atom stereocenters. The fourth-order valence-electron chi connectivity index (χ4n) is 3.98. The molecule has 3 aromatic rings. The maximum Gasteiger partial charge on any atom is 0.141 e. The molecular weight excluding hydrogens is 360 g/mol. The number of aromatic nitrogens is 4. The van der Waals surface area contributed by atoms with E-state index in [2.05, 4.69) is 57.9 Å². The van der Waals surface area contributed by atoms with Crippen LogP contribution in [0.3, 0.4) is 0 Å². The maximum absolute atomic E-state index is 5.46. The summed E-state index contributed by atoms with van der Waals surface area (Å²) in [6, 6.07) is 4.25. The molecule has 156 valence electrons. The number of piperidine rings is 1. The molecule has 0 aliphatic carbocycles. The summed E-state index contributed by atoms with van der Waals surface area (Å²) in [6.45, 7) is 9.57. The smallest absolute Gasteiger partial charge is 0.141 e. The summed E-state index contributed by atoms with van der Waals surface area (Å²) in [6.07, 6.45) is 8.69. The summed E-state index contributed by atoms with van der Waals surface area (Å²) in [5.74, 6) is 1.80. The Morgan fingerprint density at radius 1 is 1.17 bits per heavy atom. The Hall–Kier alpha value is -2.31. The minimum absolute atomic E-state index is 0.830. The number of aromatic amines is 1. The molecule has 0 bridgehead atoms. The van der Waals surface area contributed by atoms with E-state index in [0.29, 0.717) is 0 Å². The lowest BCUT2D eigenvalue weighted by molar-refractivity contribution is 0.211. The van der Waals surface area contributed by atoms with Gasteiger partial charge in [0.1, 0.15) is 12.2 Å². The second-order valence-corrected chi connectivity index (χ2v) is 8.26. The molecule has 6 heteroatoms. The molecule has 4 rings (SSSR count). The summed E-state index contributed by atoms with van der Waals surface area (Å²) in [5, 5.41) is 0. The number of likely N-dealkylation sites (tertiary alicyclic amines) is 1. The van der Waals surface area contributed by atoms with Crippen LogP contribution in [0.1, 0.15) is 42.5 Å². The zero-order valence-corrected chi connectivity index (χ0v) is 18.2. The van der Waals surface area contributed by atoms with Crippen LogP contribution in [0.15, 0.2) is 24.7 Å². The Morgan fingerprint density at radius 3 is 2.62 bits per heavy atom. The second kappa shape index (κ2) is 9.94. The third-order valence-corrected chi connectivity index (χ3v) is 5.74. The van der Waals surface area contributed by atoms with Gasteiger partial charge < -0.3 is 15.6 Å². The predicted molar refractivity (Wildman–Crippen MR) is 120 cm³/mol. The lowest BCUT2D eigenvalue weighted by atomic mass is 9.92. The van der Waals surface area contributed by atoms with Gasteiger partial charge in [-0.2, -0.15) is 0 Å². The molecule has 0 unspecified atom stereocenters. The molecule has 3 heterocycles. The second-order valence-electron chi connectivity index (χ2n) is 8.26. The molecule has 6 nitrogen and oxygen atoms in total. The maximum atomic E-state index is 5.46. The van der Waals surface area contributed by atoms with Crippen molar-refractivity contribution < 1.29 is 0 Å². The highest BCUT2D eigenvalue weighted by atomic mass is 15.1. The summed E-state index contributed by atoms with van der Waals surface area (Å²) >= 11 is 0. The number of nitrogens with one attached hydrogen (secondary N) is 1. The van der Waals surface area contributed by atoms with Crippen molar-refractivity contribution in [3.8, 4) is 11.4 Å². The van der Waals surface area contributed by atoms with Crippen LogP contribution in [0.2, 0.25) is 0 Å². The van der Waals surface area contributed by atoms with Crippen molar-refractivity contribution in [1.29, 1.82) is 0 Å². The van der Waals surface area contributed by atoms with Crippen molar-refractivity contribution >= 4 is 11.0 Å². The van der Waals surface area contributed by atoms with Gasteiger partial charge in [-0.1, -0.05) is 6.07 Å². The quantitative estimate of drug-likeness (QED) is 0.698. The highest BCUT2D eigenvalue weighted by molar-refractivity contribution is 5.83. The number of imidazole rings is 1. The minimum Gasteiger partial charge on any atom is -0.338 e. The zero-order valence-electron chi connectivity index (χ0n) is 18.2. The zero-order chi connectivity index (χ0) is 20.8. The third-order valence-electron chi connectivity index (χ3n) is 5.74. The monoisotopic (exact) mass is 394 g/mol. The van der Waals surface area contributed by atoms with Gasteiger partial charge in [0.2, 0.25) is 0 Å². The number of aryl methyl sites for hydroxylation is 3. The van der Waals surface area contributed by atoms with Crippen LogP contribution in [0.4, 0.5) is 0 Å². The van der Waals surface area contributed by atoms with Crippen LogP contribution in [0.25, 0.3) is 22.4 Å². The van der Waals surface area contributed by atoms with E-state index in [1.807, 2.05) is 6.92 Å². The van der Waals surface area contributed by atoms with Crippen molar-refractivity contribution in [3.63, 3.8) is 0 Å². The van der Waals surface area contributed by atoms with Gasteiger partial charge in [-0.15, -0.1) is 0 Å². The first kappa shape index (κ1) is 21.4. The average molecular weight is 395 g/mol. The van der Waals surface area contributed by atoms with Crippen molar-refractivity contribution in [3.05, 3.63) is 41.5 Å². The summed E-state index contributed by atoms with van der Waals surface area (Å²) in [5.41, 5.74) is 11.8. The van der Waals surface area contributed by atoms with Gasteiger partial charge in [0.15, 0.2) is 0 Å². The molecule has 1 aliphatic rings. The van der Waals surface area contributed by atoms with E-state index in [9.17, 15) is 0 Å². The van der Waals surface area contributed by atoms with Crippen LogP contribution in [0.5, 0.6) is 0 Å². The van der Waals surface area contributed by atoms with Crippen LogP contribution in [-0.2, 0) is 0 Å². The lowest BCUT2D eigenvalue weighted by Gasteiger charge is -2.28. The van der Waals surface area contributed by atoms with Gasteiger partial charge in [0.05, 0.1) is 22.3 Å². The topological polar surface area (TPSA) is 83.7 Å². The average Bonchev–Trinajstić information content (AvgIpc) is 3.12. The summed E-state index contributed by atoms with van der Waals surface area (Å²) < 4.78 is 0. The van der Waals surface area contributed by atoms with E-state index in [-0.39, 0.29) is 0 Å². The third kappa shape index (κ3) is 5.61. The molecule has 1 fully saturated rings. The van der Waals surface area contributed by atoms with Gasteiger partial charge in [-0.3, -0.25) is 0 Å². The fraction of sp³-hybridized carbons (Fsp3) is 0.522. The van der Waals surface area contributed by atoms with Crippen LogP contribution >= 0.6 is 0 Å². The Labute approximate surface area is 174 Å². The van der Waals surface area contributed by atoms with Crippen molar-refractivity contribution in [2.45, 2.75) is 46.5 Å². The molecular formula is C23H34N6. The molecule has 1 aliphatic heterocycles. The summed E-state index contributed by atoms with van der Waals surface area (Å²) in [7, 11) is 2.21. The highest BCUT2D eigenvalue weighted by Gasteiger charge is 2.15. The highest BCUT2D eigenvalue weighted by Crippen LogP contribution is 2.24. The number of nitrogens with zero attached hydrogens (tertiary/aromatic N) is 4. The number of H-pyrrole nitrogens is 1. The molecule has 1 saturated heterocycles. The van der Waals surface area contributed by atoms with E-state index < -0.39 is 0 Å². The van der Waals surface area contributed by atoms with E-state index in [1.54, 1.807) is 12.5 Å². The van der Waals surface area contributed by atoms with E-state index in [0.717, 1.165) is 40.6 Å².